The van der Waals surface area contributed by atoms with E-state index < -0.39 is 0 Å². The first-order chi connectivity index (χ1) is 11.2. The van der Waals surface area contributed by atoms with Gasteiger partial charge in [-0.1, -0.05) is 42.5 Å². The van der Waals surface area contributed by atoms with Crippen LogP contribution in [0.3, 0.4) is 0 Å². The molecular formula is C18H23N3O2. The predicted octanol–water partition coefficient (Wildman–Crippen LogP) is 2.11. The number of benzene rings is 1. The van der Waals surface area contributed by atoms with Gasteiger partial charge in [0.25, 0.3) is 0 Å². The van der Waals surface area contributed by atoms with Crippen LogP contribution in [0.1, 0.15) is 24.8 Å². The Bertz CT molecular complexity index is 577. The van der Waals surface area contributed by atoms with E-state index in [2.05, 4.69) is 34.5 Å². The molecule has 3 rings (SSSR count). The molecule has 2 aliphatic heterocycles. The number of imide groups is 1. The maximum Gasteiger partial charge on any atom is 0.324 e. The van der Waals surface area contributed by atoms with E-state index in [9.17, 15) is 9.59 Å². The fraction of sp³-hybridized carbons (Fsp3) is 0.444. The highest BCUT2D eigenvalue weighted by atomic mass is 16.2. The van der Waals surface area contributed by atoms with Crippen molar-refractivity contribution in [1.82, 2.24) is 15.1 Å². The number of carbonyl (C=O) groups excluding carboxylic acids is 2. The van der Waals surface area contributed by atoms with Crippen molar-refractivity contribution in [3.05, 3.63) is 42.0 Å². The Labute approximate surface area is 137 Å². The first-order valence-corrected chi connectivity index (χ1v) is 8.27. The fourth-order valence-corrected chi connectivity index (χ4v) is 3.24. The van der Waals surface area contributed by atoms with Crippen molar-refractivity contribution < 1.29 is 9.59 Å². The van der Waals surface area contributed by atoms with Crippen LogP contribution in [0.15, 0.2) is 36.4 Å². The molecular weight excluding hydrogens is 290 g/mol. The minimum atomic E-state index is -0.219. The molecule has 5 nitrogen and oxygen atoms in total. The number of hydrogen-bond acceptors (Lipinski definition) is 3. The van der Waals surface area contributed by atoms with Crippen molar-refractivity contribution >= 4 is 18.0 Å². The number of amides is 3. The average Bonchev–Trinajstić information content (AvgIpc) is 2.57. The van der Waals surface area contributed by atoms with Crippen LogP contribution in [0.2, 0.25) is 0 Å². The SMILES string of the molecule is O=C1CCN(C2CCN(C/C=C/c3ccccc3)CC2)C(=O)N1. The second-order valence-corrected chi connectivity index (χ2v) is 6.14. The summed E-state index contributed by atoms with van der Waals surface area (Å²) in [5, 5.41) is 2.41. The molecule has 0 radical (unpaired) electrons. The fourth-order valence-electron chi connectivity index (χ4n) is 3.24. The first kappa shape index (κ1) is 15.7. The summed E-state index contributed by atoms with van der Waals surface area (Å²) >= 11 is 0. The Morgan fingerprint density at radius 1 is 1.09 bits per heavy atom. The smallest absolute Gasteiger partial charge is 0.321 e. The van der Waals surface area contributed by atoms with E-state index in [0.717, 1.165) is 32.5 Å². The molecule has 1 aromatic carbocycles. The predicted molar refractivity (Wildman–Crippen MR) is 89.8 cm³/mol. The number of rotatable bonds is 4. The van der Waals surface area contributed by atoms with Crippen molar-refractivity contribution in [1.29, 1.82) is 0 Å². The first-order valence-electron chi connectivity index (χ1n) is 8.27. The zero-order valence-corrected chi connectivity index (χ0v) is 13.3. The van der Waals surface area contributed by atoms with E-state index in [-0.39, 0.29) is 18.0 Å². The third-order valence-electron chi connectivity index (χ3n) is 4.56. The lowest BCUT2D eigenvalue weighted by atomic mass is 10.0. The summed E-state index contributed by atoms with van der Waals surface area (Å²) in [6.07, 6.45) is 6.71. The van der Waals surface area contributed by atoms with Crippen LogP contribution in [0, 0.1) is 0 Å². The van der Waals surface area contributed by atoms with Gasteiger partial charge in [0, 0.05) is 38.6 Å². The van der Waals surface area contributed by atoms with E-state index in [4.69, 9.17) is 0 Å². The molecule has 5 heteroatoms. The molecule has 2 heterocycles. The van der Waals surface area contributed by atoms with Gasteiger partial charge in [0.15, 0.2) is 0 Å². The Morgan fingerprint density at radius 3 is 2.52 bits per heavy atom. The van der Waals surface area contributed by atoms with Crippen LogP contribution in [-0.2, 0) is 4.79 Å². The summed E-state index contributed by atoms with van der Waals surface area (Å²) in [7, 11) is 0. The van der Waals surface area contributed by atoms with Crippen LogP contribution in [0.25, 0.3) is 6.08 Å². The van der Waals surface area contributed by atoms with Gasteiger partial charge in [-0.15, -0.1) is 0 Å². The van der Waals surface area contributed by atoms with Crippen molar-refractivity contribution in [2.45, 2.75) is 25.3 Å². The van der Waals surface area contributed by atoms with Gasteiger partial charge in [0.1, 0.15) is 0 Å². The zero-order chi connectivity index (χ0) is 16.1. The van der Waals surface area contributed by atoms with Crippen LogP contribution >= 0.6 is 0 Å². The quantitative estimate of drug-likeness (QED) is 0.926. The Kier molecular flexibility index (Phi) is 5.08. The average molecular weight is 313 g/mol. The summed E-state index contributed by atoms with van der Waals surface area (Å²) < 4.78 is 0. The van der Waals surface area contributed by atoms with Crippen molar-refractivity contribution in [2.24, 2.45) is 0 Å². The van der Waals surface area contributed by atoms with Gasteiger partial charge in [-0.3, -0.25) is 15.0 Å². The number of likely N-dealkylation sites (tertiary alicyclic amines) is 1. The molecule has 0 aromatic heterocycles. The summed E-state index contributed by atoms with van der Waals surface area (Å²) in [5.41, 5.74) is 1.22. The molecule has 23 heavy (non-hydrogen) atoms. The van der Waals surface area contributed by atoms with Gasteiger partial charge in [0.2, 0.25) is 5.91 Å². The molecule has 2 fully saturated rings. The van der Waals surface area contributed by atoms with Crippen LogP contribution in [-0.4, -0.2) is 54.0 Å². The number of carbonyl (C=O) groups is 2. The van der Waals surface area contributed by atoms with E-state index in [1.165, 1.54) is 5.56 Å². The number of piperidine rings is 1. The molecule has 0 aliphatic carbocycles. The minimum absolute atomic E-state index is 0.158. The third kappa shape index (κ3) is 4.20. The van der Waals surface area contributed by atoms with Crippen LogP contribution in [0.4, 0.5) is 4.79 Å². The number of urea groups is 1. The molecule has 0 bridgehead atoms. The highest BCUT2D eigenvalue weighted by molar-refractivity contribution is 5.96. The number of nitrogens with one attached hydrogen (secondary N) is 1. The topological polar surface area (TPSA) is 52.7 Å². The third-order valence-corrected chi connectivity index (χ3v) is 4.56. The number of hydrogen-bond donors (Lipinski definition) is 1. The Balaban J connectivity index is 1.44. The molecule has 0 spiro atoms. The van der Waals surface area contributed by atoms with E-state index in [1.807, 2.05) is 23.1 Å². The van der Waals surface area contributed by atoms with Crippen molar-refractivity contribution in [3.8, 4) is 0 Å². The van der Waals surface area contributed by atoms with Crippen LogP contribution < -0.4 is 5.32 Å². The molecule has 3 amide bonds. The Hall–Kier alpha value is -2.14. The molecule has 1 aromatic rings. The summed E-state index contributed by atoms with van der Waals surface area (Å²) in [6.45, 7) is 3.47. The van der Waals surface area contributed by atoms with Gasteiger partial charge < -0.3 is 4.90 Å². The van der Waals surface area contributed by atoms with E-state index >= 15 is 0 Å². The highest BCUT2D eigenvalue weighted by Crippen LogP contribution is 2.18. The van der Waals surface area contributed by atoms with Gasteiger partial charge >= 0.3 is 6.03 Å². The maximum absolute atomic E-state index is 11.9. The molecule has 0 atom stereocenters. The largest absolute Gasteiger partial charge is 0.324 e. The van der Waals surface area contributed by atoms with E-state index in [1.54, 1.807) is 0 Å². The molecule has 0 saturated carbocycles. The second-order valence-electron chi connectivity index (χ2n) is 6.14. The summed E-state index contributed by atoms with van der Waals surface area (Å²) in [4.78, 5) is 27.3. The highest BCUT2D eigenvalue weighted by Gasteiger charge is 2.31. The van der Waals surface area contributed by atoms with Gasteiger partial charge in [-0.05, 0) is 18.4 Å². The lowest BCUT2D eigenvalue weighted by Crippen LogP contribution is -2.55. The second kappa shape index (κ2) is 7.42. The standard InChI is InChI=1S/C18H23N3O2/c22-17-10-14-21(18(23)19-17)16-8-12-20(13-9-16)11-4-7-15-5-2-1-3-6-15/h1-7,16H,8-14H2,(H,19,22,23)/b7-4+. The van der Waals surface area contributed by atoms with Crippen molar-refractivity contribution in [2.75, 3.05) is 26.2 Å². The normalized spacial score (nSPS) is 21.0. The monoisotopic (exact) mass is 313 g/mol. The molecule has 2 saturated heterocycles. The van der Waals surface area contributed by atoms with E-state index in [0.29, 0.717) is 13.0 Å². The summed E-state index contributed by atoms with van der Waals surface area (Å²) in [5.74, 6) is -0.158. The van der Waals surface area contributed by atoms with Gasteiger partial charge in [0.05, 0.1) is 0 Å². The van der Waals surface area contributed by atoms with Crippen molar-refractivity contribution in [3.63, 3.8) is 0 Å². The molecule has 122 valence electrons. The summed E-state index contributed by atoms with van der Waals surface area (Å²) in [6, 6.07) is 10.3. The van der Waals surface area contributed by atoms with Gasteiger partial charge in [-0.2, -0.15) is 0 Å². The molecule has 0 unspecified atom stereocenters. The van der Waals surface area contributed by atoms with Gasteiger partial charge in [-0.25, -0.2) is 4.79 Å². The zero-order valence-electron chi connectivity index (χ0n) is 13.3. The number of nitrogens with zero attached hydrogens (tertiary/aromatic N) is 2. The minimum Gasteiger partial charge on any atom is -0.321 e. The lowest BCUT2D eigenvalue weighted by molar-refractivity contribution is -0.121. The maximum atomic E-state index is 11.9. The lowest BCUT2D eigenvalue weighted by Gasteiger charge is -2.39. The molecule has 2 aliphatic rings. The molecule has 1 N–H and O–H groups in total. The Morgan fingerprint density at radius 2 is 1.83 bits per heavy atom. The van der Waals surface area contributed by atoms with Crippen LogP contribution in [0.5, 0.6) is 0 Å².